The standard InChI is InChI=1S/C29H31N3O4S/c33-28(30-24-14-16-25(17-15-24)37(35,36)31-18-8-1-2-9-19-31)27(20-22-10-4-3-5-11-22)32-21-23-12-6-7-13-26(23)29(32)34/h3-7,10-17,27H,1-2,8-9,18-21H2,(H,30,33). The maximum atomic E-state index is 13.5. The maximum Gasteiger partial charge on any atom is 0.255 e. The third kappa shape index (κ3) is 5.45. The molecular weight excluding hydrogens is 486 g/mol. The first kappa shape index (κ1) is 25.2. The molecule has 1 saturated heterocycles. The number of carbonyl (C=O) groups is 2. The third-order valence-electron chi connectivity index (χ3n) is 7.12. The molecule has 37 heavy (non-hydrogen) atoms. The Hall–Kier alpha value is -3.49. The van der Waals surface area contributed by atoms with Gasteiger partial charge in [-0.1, -0.05) is 61.4 Å². The number of anilines is 1. The number of sulfonamides is 1. The molecule has 3 aromatic carbocycles. The van der Waals surface area contributed by atoms with Gasteiger partial charge in [-0.25, -0.2) is 8.42 Å². The highest BCUT2D eigenvalue weighted by Crippen LogP contribution is 2.27. The number of amides is 2. The van der Waals surface area contributed by atoms with Crippen LogP contribution in [0.2, 0.25) is 0 Å². The van der Waals surface area contributed by atoms with Crippen LogP contribution in [-0.4, -0.2) is 48.6 Å². The van der Waals surface area contributed by atoms with Crippen molar-refractivity contribution in [2.45, 2.75) is 49.6 Å². The summed E-state index contributed by atoms with van der Waals surface area (Å²) in [6, 6.07) is 22.6. The van der Waals surface area contributed by atoms with E-state index in [2.05, 4.69) is 5.32 Å². The number of carbonyl (C=O) groups excluding carboxylic acids is 2. The Kier molecular flexibility index (Phi) is 7.39. The zero-order valence-corrected chi connectivity index (χ0v) is 21.5. The van der Waals surface area contributed by atoms with E-state index >= 15 is 0 Å². The minimum Gasteiger partial charge on any atom is -0.324 e. The molecule has 0 saturated carbocycles. The van der Waals surface area contributed by atoms with Gasteiger partial charge in [-0.05, 0) is 54.3 Å². The van der Waals surface area contributed by atoms with E-state index in [0.29, 0.717) is 37.3 Å². The Labute approximate surface area is 218 Å². The number of rotatable bonds is 7. The van der Waals surface area contributed by atoms with Gasteiger partial charge in [0.1, 0.15) is 6.04 Å². The number of benzene rings is 3. The summed E-state index contributed by atoms with van der Waals surface area (Å²) in [5.74, 6) is -0.473. The minimum atomic E-state index is -3.57. The Bertz CT molecular complexity index is 1370. The van der Waals surface area contributed by atoms with E-state index in [4.69, 9.17) is 0 Å². The molecule has 0 bridgehead atoms. The topological polar surface area (TPSA) is 86.8 Å². The molecule has 1 fully saturated rings. The fourth-order valence-corrected chi connectivity index (χ4v) is 6.59. The minimum absolute atomic E-state index is 0.162. The summed E-state index contributed by atoms with van der Waals surface area (Å²) in [5.41, 5.74) is 2.96. The van der Waals surface area contributed by atoms with Crippen LogP contribution in [0.3, 0.4) is 0 Å². The maximum absolute atomic E-state index is 13.5. The van der Waals surface area contributed by atoms with Crippen LogP contribution in [0.25, 0.3) is 0 Å². The van der Waals surface area contributed by atoms with E-state index in [1.54, 1.807) is 39.5 Å². The first-order valence-electron chi connectivity index (χ1n) is 12.8. The van der Waals surface area contributed by atoms with Crippen LogP contribution in [0.4, 0.5) is 5.69 Å². The van der Waals surface area contributed by atoms with Crippen LogP contribution in [0.15, 0.2) is 83.8 Å². The predicted octanol–water partition coefficient (Wildman–Crippen LogP) is 4.46. The second-order valence-electron chi connectivity index (χ2n) is 9.63. The number of hydrogen-bond acceptors (Lipinski definition) is 4. The third-order valence-corrected chi connectivity index (χ3v) is 9.04. The largest absolute Gasteiger partial charge is 0.324 e. The molecule has 0 radical (unpaired) electrons. The van der Waals surface area contributed by atoms with Gasteiger partial charge in [-0.3, -0.25) is 9.59 Å². The SMILES string of the molecule is O=C(Nc1ccc(S(=O)(=O)N2CCCCCC2)cc1)C(Cc1ccccc1)N1Cc2ccccc2C1=O. The van der Waals surface area contributed by atoms with E-state index in [-0.39, 0.29) is 16.7 Å². The highest BCUT2D eigenvalue weighted by atomic mass is 32.2. The van der Waals surface area contributed by atoms with Crippen LogP contribution >= 0.6 is 0 Å². The van der Waals surface area contributed by atoms with Crippen molar-refractivity contribution in [3.05, 3.63) is 95.6 Å². The zero-order chi connectivity index (χ0) is 25.8. The lowest BCUT2D eigenvalue weighted by Crippen LogP contribution is -2.45. The summed E-state index contributed by atoms with van der Waals surface area (Å²) >= 11 is 0. The molecule has 2 amide bonds. The van der Waals surface area contributed by atoms with Crippen LogP contribution in [0.1, 0.15) is 47.2 Å². The zero-order valence-electron chi connectivity index (χ0n) is 20.7. The van der Waals surface area contributed by atoms with Gasteiger partial charge >= 0.3 is 0 Å². The molecule has 0 spiro atoms. The first-order chi connectivity index (χ1) is 17.9. The number of fused-ring (bicyclic) bond motifs is 1. The van der Waals surface area contributed by atoms with Gasteiger partial charge in [0, 0.05) is 37.3 Å². The molecule has 8 heteroatoms. The van der Waals surface area contributed by atoms with Gasteiger partial charge in [0.25, 0.3) is 5.91 Å². The van der Waals surface area contributed by atoms with E-state index in [0.717, 1.165) is 36.8 Å². The summed E-state index contributed by atoms with van der Waals surface area (Å²) in [6.45, 7) is 1.44. The average molecular weight is 518 g/mol. The molecule has 1 atom stereocenters. The van der Waals surface area contributed by atoms with Crippen molar-refractivity contribution in [2.24, 2.45) is 0 Å². The van der Waals surface area contributed by atoms with E-state index in [9.17, 15) is 18.0 Å². The van der Waals surface area contributed by atoms with Gasteiger partial charge in [0.15, 0.2) is 0 Å². The number of nitrogens with one attached hydrogen (secondary N) is 1. The van der Waals surface area contributed by atoms with E-state index in [1.165, 1.54) is 0 Å². The molecule has 5 rings (SSSR count). The van der Waals surface area contributed by atoms with Crippen LogP contribution < -0.4 is 5.32 Å². The monoisotopic (exact) mass is 517 g/mol. The van der Waals surface area contributed by atoms with Crippen molar-refractivity contribution in [2.75, 3.05) is 18.4 Å². The predicted molar refractivity (Wildman–Crippen MR) is 143 cm³/mol. The van der Waals surface area contributed by atoms with Gasteiger partial charge < -0.3 is 10.2 Å². The fourth-order valence-electron chi connectivity index (χ4n) is 5.08. The summed E-state index contributed by atoms with van der Waals surface area (Å²) in [5, 5.41) is 2.91. The molecule has 0 aliphatic carbocycles. The first-order valence-corrected chi connectivity index (χ1v) is 14.2. The number of hydrogen-bond donors (Lipinski definition) is 1. The molecule has 2 aliphatic rings. The van der Waals surface area contributed by atoms with Crippen molar-refractivity contribution in [1.29, 1.82) is 0 Å². The van der Waals surface area contributed by atoms with Crippen LogP contribution in [-0.2, 0) is 27.8 Å². The molecule has 3 aromatic rings. The summed E-state index contributed by atoms with van der Waals surface area (Å²) in [7, 11) is -3.57. The molecule has 2 aliphatic heterocycles. The van der Waals surface area contributed by atoms with Crippen molar-refractivity contribution in [1.82, 2.24) is 9.21 Å². The van der Waals surface area contributed by atoms with Crippen LogP contribution in [0, 0.1) is 0 Å². The lowest BCUT2D eigenvalue weighted by atomic mass is 10.0. The molecular formula is C29H31N3O4S. The Morgan fingerprint density at radius 3 is 2.16 bits per heavy atom. The summed E-state index contributed by atoms with van der Waals surface area (Å²) < 4.78 is 27.8. The smallest absolute Gasteiger partial charge is 0.255 e. The Balaban J connectivity index is 1.35. The van der Waals surface area contributed by atoms with Gasteiger partial charge in [0.2, 0.25) is 15.9 Å². The second kappa shape index (κ2) is 10.9. The highest BCUT2D eigenvalue weighted by molar-refractivity contribution is 7.89. The molecule has 7 nitrogen and oxygen atoms in total. The molecule has 2 heterocycles. The number of nitrogens with zero attached hydrogens (tertiary/aromatic N) is 2. The molecule has 0 aromatic heterocycles. The lowest BCUT2D eigenvalue weighted by Gasteiger charge is -2.27. The quantitative estimate of drug-likeness (QED) is 0.502. The molecule has 1 unspecified atom stereocenters. The average Bonchev–Trinajstić information content (AvgIpc) is 3.07. The molecule has 192 valence electrons. The highest BCUT2D eigenvalue weighted by Gasteiger charge is 2.36. The van der Waals surface area contributed by atoms with Crippen molar-refractivity contribution in [3.63, 3.8) is 0 Å². The lowest BCUT2D eigenvalue weighted by molar-refractivity contribution is -0.120. The van der Waals surface area contributed by atoms with Gasteiger partial charge in [0.05, 0.1) is 4.90 Å². The van der Waals surface area contributed by atoms with Crippen molar-refractivity contribution < 1.29 is 18.0 Å². The second-order valence-corrected chi connectivity index (χ2v) is 11.6. The van der Waals surface area contributed by atoms with Crippen molar-refractivity contribution >= 4 is 27.5 Å². The van der Waals surface area contributed by atoms with E-state index < -0.39 is 16.1 Å². The van der Waals surface area contributed by atoms with Crippen LogP contribution in [0.5, 0.6) is 0 Å². The molecule has 1 N–H and O–H groups in total. The van der Waals surface area contributed by atoms with Gasteiger partial charge in [-0.2, -0.15) is 4.31 Å². The van der Waals surface area contributed by atoms with Crippen molar-refractivity contribution in [3.8, 4) is 0 Å². The fraction of sp³-hybridized carbons (Fsp3) is 0.310. The Morgan fingerprint density at radius 1 is 0.838 bits per heavy atom. The van der Waals surface area contributed by atoms with Gasteiger partial charge in [-0.15, -0.1) is 0 Å². The normalized spacial score (nSPS) is 17.2. The van der Waals surface area contributed by atoms with E-state index in [1.807, 2.05) is 48.5 Å². The summed E-state index contributed by atoms with van der Waals surface area (Å²) in [4.78, 5) is 28.6. The Morgan fingerprint density at radius 2 is 1.49 bits per heavy atom. The summed E-state index contributed by atoms with van der Waals surface area (Å²) in [6.07, 6.45) is 4.20.